The first-order valence-electron chi connectivity index (χ1n) is 17.0. The topological polar surface area (TPSA) is 136 Å². The van der Waals surface area contributed by atoms with Crippen molar-refractivity contribution in [1.29, 1.82) is 0 Å². The highest BCUT2D eigenvalue weighted by Crippen LogP contribution is 2.25. The molecule has 0 fully saturated rings. The molecule has 53 heavy (non-hydrogen) atoms. The normalized spacial score (nSPS) is 10.6. The Morgan fingerprint density at radius 2 is 1.06 bits per heavy atom. The number of hydrogen-bond donors (Lipinski definition) is 0. The van der Waals surface area contributed by atoms with Gasteiger partial charge in [-0.2, -0.15) is 0 Å². The monoisotopic (exact) mass is 719 g/mol. The highest BCUT2D eigenvalue weighted by Gasteiger charge is 2.13. The van der Waals surface area contributed by atoms with Crippen LogP contribution in [0.5, 0.6) is 23.0 Å². The van der Waals surface area contributed by atoms with Crippen LogP contribution in [0.3, 0.4) is 0 Å². The van der Waals surface area contributed by atoms with Gasteiger partial charge in [0.05, 0.1) is 43.2 Å². The molecule has 274 valence electrons. The summed E-state index contributed by atoms with van der Waals surface area (Å²) >= 11 is 0. The van der Waals surface area contributed by atoms with Crippen molar-refractivity contribution >= 4 is 35.8 Å². The summed E-state index contributed by atoms with van der Waals surface area (Å²) in [7, 11) is 0. The molecule has 0 atom stereocenters. The van der Waals surface area contributed by atoms with Crippen molar-refractivity contribution in [1.82, 2.24) is 0 Å². The molecule has 0 bridgehead atoms. The average molecular weight is 720 g/mol. The first kappa shape index (κ1) is 39.3. The number of esters is 4. The zero-order chi connectivity index (χ0) is 37.8. The van der Waals surface area contributed by atoms with Crippen LogP contribution in [0.25, 0.3) is 0 Å². The summed E-state index contributed by atoms with van der Waals surface area (Å²) in [5.74, 6) is -0.0158. The van der Waals surface area contributed by atoms with Crippen LogP contribution in [0.1, 0.15) is 57.5 Å². The summed E-state index contributed by atoms with van der Waals surface area (Å²) in [5, 5.41) is 0. The van der Waals surface area contributed by atoms with Crippen LogP contribution in [0.2, 0.25) is 0 Å². The molecule has 0 saturated heterocycles. The van der Waals surface area contributed by atoms with Crippen LogP contribution >= 0.6 is 0 Å². The molecule has 0 unspecified atom stereocenters. The number of benzene rings is 4. The first-order chi connectivity index (χ1) is 25.7. The molecule has 0 radical (unpaired) electrons. The Bertz CT molecular complexity index is 1880. The van der Waals surface area contributed by atoms with Crippen LogP contribution in [0, 0.1) is 6.92 Å². The molecule has 4 rings (SSSR count). The van der Waals surface area contributed by atoms with Crippen LogP contribution in [-0.4, -0.2) is 56.5 Å². The van der Waals surface area contributed by atoms with Gasteiger partial charge >= 0.3 is 23.9 Å². The fourth-order valence-electron chi connectivity index (χ4n) is 4.55. The predicted octanol–water partition coefficient (Wildman–Crippen LogP) is 7.96. The van der Waals surface area contributed by atoms with E-state index in [1.54, 1.807) is 42.6 Å². The first-order valence-corrected chi connectivity index (χ1v) is 17.0. The molecular formula is C42H41NO10. The van der Waals surface area contributed by atoms with E-state index in [2.05, 4.69) is 18.2 Å². The van der Waals surface area contributed by atoms with E-state index in [9.17, 15) is 19.2 Å². The average Bonchev–Trinajstić information content (AvgIpc) is 3.18. The number of carbonyl (C=O) groups is 4. The summed E-state index contributed by atoms with van der Waals surface area (Å²) in [6.45, 7) is 10.1. The van der Waals surface area contributed by atoms with Gasteiger partial charge in [0.1, 0.15) is 23.0 Å². The highest BCUT2D eigenvalue weighted by molar-refractivity contribution is 5.93. The minimum absolute atomic E-state index is 0.269. The number of unbranched alkanes of at least 4 members (excludes halogenated alkanes) is 2. The summed E-state index contributed by atoms with van der Waals surface area (Å²) < 4.78 is 32.3. The minimum Gasteiger partial charge on any atom is -0.494 e. The highest BCUT2D eigenvalue weighted by atomic mass is 16.5. The Hall–Kier alpha value is -6.49. The summed E-state index contributed by atoms with van der Waals surface area (Å²) in [6, 6.07) is 25.4. The van der Waals surface area contributed by atoms with Crippen molar-refractivity contribution in [2.24, 2.45) is 4.99 Å². The van der Waals surface area contributed by atoms with Gasteiger partial charge in [-0.3, -0.25) is 4.99 Å². The second-order valence-corrected chi connectivity index (χ2v) is 11.5. The second kappa shape index (κ2) is 21.0. The fourth-order valence-corrected chi connectivity index (χ4v) is 4.55. The quantitative estimate of drug-likeness (QED) is 0.0291. The summed E-state index contributed by atoms with van der Waals surface area (Å²) in [6.07, 6.45) is 6.79. The molecule has 4 aromatic rings. The fraction of sp³-hybridized carbons (Fsp3) is 0.214. The van der Waals surface area contributed by atoms with E-state index in [1.165, 1.54) is 24.3 Å². The van der Waals surface area contributed by atoms with Gasteiger partial charge in [0, 0.05) is 18.4 Å². The van der Waals surface area contributed by atoms with Gasteiger partial charge in [-0.05, 0) is 135 Å². The largest absolute Gasteiger partial charge is 0.494 e. The molecule has 0 aliphatic rings. The Morgan fingerprint density at radius 1 is 0.585 bits per heavy atom. The van der Waals surface area contributed by atoms with Gasteiger partial charge in [-0.1, -0.05) is 13.2 Å². The molecule has 0 N–H and O–H groups in total. The maximum absolute atomic E-state index is 12.9. The van der Waals surface area contributed by atoms with Gasteiger partial charge in [0.15, 0.2) is 0 Å². The number of rotatable bonds is 20. The lowest BCUT2D eigenvalue weighted by Gasteiger charge is -2.09. The summed E-state index contributed by atoms with van der Waals surface area (Å²) in [5.41, 5.74) is 2.92. The molecule has 0 aliphatic heterocycles. The number of nitrogens with zero attached hydrogens (tertiary/aromatic N) is 1. The lowest BCUT2D eigenvalue weighted by molar-refractivity contribution is -0.138. The van der Waals surface area contributed by atoms with E-state index in [4.69, 9.17) is 28.4 Å². The van der Waals surface area contributed by atoms with Crippen LogP contribution < -0.4 is 18.9 Å². The molecular weight excluding hydrogens is 678 g/mol. The molecule has 0 spiro atoms. The standard InChI is InChI=1S/C42H41NO10/c1-4-39(44)50-26-8-6-24-48-35-17-10-31(11-18-35)29-43-34-16-23-38(30(3)28-34)53-42(47)33-14-21-37(22-15-33)52-41(46)32-12-19-36(20-13-32)49-25-7-9-27-51-40(45)5-2/h4-5,10-23,28-29H,1-2,6-9,24-27H2,3H3. The van der Waals surface area contributed by atoms with E-state index < -0.39 is 23.9 Å². The van der Waals surface area contributed by atoms with Crippen LogP contribution in [0.4, 0.5) is 5.69 Å². The SMILES string of the molecule is C=CC(=O)OCCCCOc1ccc(C=Nc2ccc(OC(=O)c3ccc(OC(=O)c4ccc(OCCCCOC(=O)C=C)cc4)cc3)c(C)c2)cc1. The maximum atomic E-state index is 12.9. The van der Waals surface area contributed by atoms with Crippen molar-refractivity contribution in [3.05, 3.63) is 139 Å². The molecule has 0 saturated carbocycles. The van der Waals surface area contributed by atoms with Crippen molar-refractivity contribution in [2.75, 3.05) is 26.4 Å². The van der Waals surface area contributed by atoms with Crippen LogP contribution in [0.15, 0.2) is 121 Å². The van der Waals surface area contributed by atoms with Gasteiger partial charge in [-0.15, -0.1) is 0 Å². The summed E-state index contributed by atoms with van der Waals surface area (Å²) in [4.78, 5) is 52.1. The predicted molar refractivity (Wildman–Crippen MR) is 199 cm³/mol. The zero-order valence-electron chi connectivity index (χ0n) is 29.5. The van der Waals surface area contributed by atoms with E-state index in [-0.39, 0.29) is 11.3 Å². The van der Waals surface area contributed by atoms with Crippen LogP contribution in [-0.2, 0) is 19.1 Å². The van der Waals surface area contributed by atoms with E-state index >= 15 is 0 Å². The lowest BCUT2D eigenvalue weighted by Crippen LogP contribution is -2.10. The lowest BCUT2D eigenvalue weighted by atomic mass is 10.2. The number of hydrogen-bond acceptors (Lipinski definition) is 11. The number of carbonyl (C=O) groups excluding carboxylic acids is 4. The van der Waals surface area contributed by atoms with Gasteiger partial charge < -0.3 is 28.4 Å². The smallest absolute Gasteiger partial charge is 0.343 e. The van der Waals surface area contributed by atoms with Crippen molar-refractivity contribution in [2.45, 2.75) is 32.6 Å². The molecule has 0 amide bonds. The molecule has 0 aromatic heterocycles. The van der Waals surface area contributed by atoms with Crippen molar-refractivity contribution < 1.29 is 47.6 Å². The second-order valence-electron chi connectivity index (χ2n) is 11.5. The van der Waals surface area contributed by atoms with Crippen molar-refractivity contribution in [3.63, 3.8) is 0 Å². The molecule has 11 nitrogen and oxygen atoms in total. The number of aryl methyl sites for hydroxylation is 1. The van der Waals surface area contributed by atoms with E-state index in [0.29, 0.717) is 68.4 Å². The Kier molecular flexibility index (Phi) is 15.6. The van der Waals surface area contributed by atoms with Gasteiger partial charge in [-0.25, -0.2) is 19.2 Å². The van der Waals surface area contributed by atoms with E-state index in [0.717, 1.165) is 35.4 Å². The van der Waals surface area contributed by atoms with Gasteiger partial charge in [0.2, 0.25) is 0 Å². The Balaban J connectivity index is 1.19. The molecule has 0 heterocycles. The minimum atomic E-state index is -0.561. The number of aliphatic imine (C=N–C) groups is 1. The zero-order valence-corrected chi connectivity index (χ0v) is 29.5. The van der Waals surface area contributed by atoms with Crippen molar-refractivity contribution in [3.8, 4) is 23.0 Å². The third kappa shape index (κ3) is 13.6. The Labute approximate surface area is 308 Å². The molecule has 4 aromatic carbocycles. The molecule has 0 aliphatic carbocycles. The third-order valence-corrected chi connectivity index (χ3v) is 7.43. The molecule has 11 heteroatoms. The van der Waals surface area contributed by atoms with Gasteiger partial charge in [0.25, 0.3) is 0 Å². The maximum Gasteiger partial charge on any atom is 0.343 e. The third-order valence-electron chi connectivity index (χ3n) is 7.43. The number of ether oxygens (including phenoxy) is 6. The Morgan fingerprint density at radius 3 is 1.57 bits per heavy atom. The van der Waals surface area contributed by atoms with E-state index in [1.807, 2.05) is 37.3 Å².